The summed E-state index contributed by atoms with van der Waals surface area (Å²) in [5, 5.41) is 3.44. The highest BCUT2D eigenvalue weighted by Crippen LogP contribution is 2.20. The molecule has 2 rings (SSSR count). The largest absolute Gasteiger partial charge is 0.444 e. The minimum absolute atomic E-state index is 0.0715. The number of rotatable bonds is 6. The van der Waals surface area contributed by atoms with E-state index < -0.39 is 21.4 Å². The summed E-state index contributed by atoms with van der Waals surface area (Å²) >= 11 is 0. The first-order chi connectivity index (χ1) is 13.9. The number of ether oxygens (including phenoxy) is 1. The number of sulfonamides is 1. The number of amides is 1. The molecule has 1 amide bonds. The molecule has 0 unspecified atom stereocenters. The summed E-state index contributed by atoms with van der Waals surface area (Å²) in [6.07, 6.45) is 1.33. The standard InChI is InChI=1S/C21H34FN3O4S/c1-16-10-13-25(20(26)29-21(2,3)4)14-11-19(16)23-12-15-24(5)30(27,28)18-8-6-17(22)7-9-18/h6-9,16,19,23H,10-15H2,1-5H3/t16-,19-/m1/s1. The molecule has 9 heteroatoms. The molecular formula is C21H34FN3O4S. The molecule has 170 valence electrons. The molecule has 1 N–H and O–H groups in total. The topological polar surface area (TPSA) is 79.0 Å². The van der Waals surface area contributed by atoms with E-state index in [1.807, 2.05) is 20.8 Å². The van der Waals surface area contributed by atoms with E-state index in [1.54, 1.807) is 4.90 Å². The van der Waals surface area contributed by atoms with Crippen LogP contribution in [0.2, 0.25) is 0 Å². The molecule has 0 aliphatic carbocycles. The Labute approximate surface area is 179 Å². The number of nitrogens with zero attached hydrogens (tertiary/aromatic N) is 2. The summed E-state index contributed by atoms with van der Waals surface area (Å²) in [7, 11) is -2.14. The van der Waals surface area contributed by atoms with Gasteiger partial charge < -0.3 is 15.0 Å². The van der Waals surface area contributed by atoms with Crippen LogP contribution >= 0.6 is 0 Å². The van der Waals surface area contributed by atoms with Gasteiger partial charge in [0.2, 0.25) is 10.0 Å². The lowest BCUT2D eigenvalue weighted by Crippen LogP contribution is -2.41. The number of hydrogen-bond donors (Lipinski definition) is 1. The van der Waals surface area contributed by atoms with E-state index in [9.17, 15) is 17.6 Å². The third-order valence-corrected chi connectivity index (χ3v) is 7.13. The number of likely N-dealkylation sites (tertiary alicyclic amines) is 1. The summed E-state index contributed by atoms with van der Waals surface area (Å²) in [5.41, 5.74) is -0.521. The Hall–Kier alpha value is -1.71. The van der Waals surface area contributed by atoms with Crippen molar-refractivity contribution in [2.75, 3.05) is 33.2 Å². The van der Waals surface area contributed by atoms with Crippen molar-refractivity contribution in [1.82, 2.24) is 14.5 Å². The maximum absolute atomic E-state index is 13.1. The lowest BCUT2D eigenvalue weighted by atomic mass is 9.97. The van der Waals surface area contributed by atoms with Crippen LogP contribution in [0.3, 0.4) is 0 Å². The van der Waals surface area contributed by atoms with Gasteiger partial charge in [-0.2, -0.15) is 4.31 Å². The second-order valence-corrected chi connectivity index (χ2v) is 10.9. The maximum atomic E-state index is 13.1. The normalized spacial score (nSPS) is 20.8. The average Bonchev–Trinajstić information content (AvgIpc) is 2.82. The molecule has 0 saturated carbocycles. The average molecular weight is 444 g/mol. The second-order valence-electron chi connectivity index (χ2n) is 8.86. The van der Waals surface area contributed by atoms with Crippen LogP contribution in [0.15, 0.2) is 29.2 Å². The Kier molecular flexibility index (Phi) is 8.24. The van der Waals surface area contributed by atoms with E-state index in [4.69, 9.17) is 4.74 Å². The molecule has 0 spiro atoms. The van der Waals surface area contributed by atoms with Crippen molar-refractivity contribution < 1.29 is 22.3 Å². The third kappa shape index (κ3) is 6.92. The molecule has 0 radical (unpaired) electrons. The zero-order valence-corrected chi connectivity index (χ0v) is 19.3. The zero-order chi connectivity index (χ0) is 22.5. The van der Waals surface area contributed by atoms with Gasteiger partial charge in [-0.3, -0.25) is 0 Å². The van der Waals surface area contributed by atoms with Crippen molar-refractivity contribution in [3.63, 3.8) is 0 Å². The van der Waals surface area contributed by atoms with Crippen molar-refractivity contribution in [2.45, 2.75) is 57.1 Å². The van der Waals surface area contributed by atoms with E-state index in [2.05, 4.69) is 12.2 Å². The number of nitrogens with one attached hydrogen (secondary N) is 1. The van der Waals surface area contributed by atoms with Gasteiger partial charge in [-0.15, -0.1) is 0 Å². The Morgan fingerprint density at radius 1 is 1.23 bits per heavy atom. The van der Waals surface area contributed by atoms with Gasteiger partial charge in [0.25, 0.3) is 0 Å². The highest BCUT2D eigenvalue weighted by atomic mass is 32.2. The van der Waals surface area contributed by atoms with Gasteiger partial charge in [-0.1, -0.05) is 6.92 Å². The molecule has 1 aliphatic rings. The third-order valence-electron chi connectivity index (χ3n) is 5.26. The van der Waals surface area contributed by atoms with Crippen LogP contribution in [0.5, 0.6) is 0 Å². The number of halogens is 1. The minimum atomic E-state index is -3.66. The molecule has 1 saturated heterocycles. The van der Waals surface area contributed by atoms with Gasteiger partial charge in [0.15, 0.2) is 0 Å². The number of benzene rings is 1. The first-order valence-corrected chi connectivity index (χ1v) is 11.8. The van der Waals surface area contributed by atoms with Gasteiger partial charge in [0.05, 0.1) is 4.90 Å². The highest BCUT2D eigenvalue weighted by molar-refractivity contribution is 7.89. The Morgan fingerprint density at radius 2 is 1.83 bits per heavy atom. The summed E-state index contributed by atoms with van der Waals surface area (Å²) < 4.78 is 45.0. The smallest absolute Gasteiger partial charge is 0.410 e. The fourth-order valence-corrected chi connectivity index (χ4v) is 4.55. The van der Waals surface area contributed by atoms with E-state index in [-0.39, 0.29) is 17.0 Å². The molecule has 1 fully saturated rings. The van der Waals surface area contributed by atoms with Crippen LogP contribution in [-0.2, 0) is 14.8 Å². The monoisotopic (exact) mass is 443 g/mol. The highest BCUT2D eigenvalue weighted by Gasteiger charge is 2.28. The number of hydrogen-bond acceptors (Lipinski definition) is 5. The van der Waals surface area contributed by atoms with Gasteiger partial charge >= 0.3 is 6.09 Å². The number of likely N-dealkylation sites (N-methyl/N-ethyl adjacent to an activating group) is 1. The van der Waals surface area contributed by atoms with Crippen molar-refractivity contribution >= 4 is 16.1 Å². The molecule has 7 nitrogen and oxygen atoms in total. The molecule has 1 heterocycles. The van der Waals surface area contributed by atoms with Crippen molar-refractivity contribution in [1.29, 1.82) is 0 Å². The number of carbonyl (C=O) groups is 1. The van der Waals surface area contributed by atoms with Crippen molar-refractivity contribution in [2.24, 2.45) is 5.92 Å². The molecule has 1 aromatic rings. The van der Waals surface area contributed by atoms with Crippen molar-refractivity contribution in [3.8, 4) is 0 Å². The fourth-order valence-electron chi connectivity index (χ4n) is 3.38. The first-order valence-electron chi connectivity index (χ1n) is 10.3. The van der Waals surface area contributed by atoms with Crippen molar-refractivity contribution in [3.05, 3.63) is 30.1 Å². The van der Waals surface area contributed by atoms with Crippen LogP contribution in [0.1, 0.15) is 40.5 Å². The van der Waals surface area contributed by atoms with Gasteiger partial charge in [-0.05, 0) is 63.8 Å². The van der Waals surface area contributed by atoms with Gasteiger partial charge in [-0.25, -0.2) is 17.6 Å². The second kappa shape index (κ2) is 10.1. The summed E-state index contributed by atoms with van der Waals surface area (Å²) in [6.45, 7) is 9.71. The van der Waals surface area contributed by atoms with Gasteiger partial charge in [0.1, 0.15) is 11.4 Å². The van der Waals surface area contributed by atoms with Crippen LogP contribution < -0.4 is 5.32 Å². The lowest BCUT2D eigenvalue weighted by Gasteiger charge is -2.26. The molecule has 1 aliphatic heterocycles. The fraction of sp³-hybridized carbons (Fsp3) is 0.667. The molecule has 2 atom stereocenters. The predicted octanol–water partition coefficient (Wildman–Crippen LogP) is 3.07. The Bertz CT molecular complexity index is 809. The Morgan fingerprint density at radius 3 is 2.43 bits per heavy atom. The zero-order valence-electron chi connectivity index (χ0n) is 18.5. The summed E-state index contributed by atoms with van der Waals surface area (Å²) in [4.78, 5) is 14.2. The molecular weight excluding hydrogens is 409 g/mol. The van der Waals surface area contributed by atoms with Crippen LogP contribution in [-0.4, -0.2) is 68.6 Å². The van der Waals surface area contributed by atoms with Gasteiger partial charge in [0, 0.05) is 39.3 Å². The van der Waals surface area contributed by atoms with E-state index in [1.165, 1.54) is 23.5 Å². The molecule has 30 heavy (non-hydrogen) atoms. The maximum Gasteiger partial charge on any atom is 0.410 e. The summed E-state index contributed by atoms with van der Waals surface area (Å²) in [6, 6.07) is 5.01. The number of carbonyl (C=O) groups excluding carboxylic acids is 1. The predicted molar refractivity (Wildman–Crippen MR) is 114 cm³/mol. The summed E-state index contributed by atoms with van der Waals surface area (Å²) in [5.74, 6) is -0.127. The van der Waals surface area contributed by atoms with Crippen LogP contribution in [0, 0.1) is 11.7 Å². The van der Waals surface area contributed by atoms with Crippen LogP contribution in [0.4, 0.5) is 9.18 Å². The lowest BCUT2D eigenvalue weighted by molar-refractivity contribution is 0.0255. The molecule has 1 aromatic carbocycles. The minimum Gasteiger partial charge on any atom is -0.444 e. The van der Waals surface area contributed by atoms with Crippen LogP contribution in [0.25, 0.3) is 0 Å². The SMILES string of the molecule is C[C@@H]1CCN(C(=O)OC(C)(C)C)CC[C@H]1NCCN(C)S(=O)(=O)c1ccc(F)cc1. The molecule has 0 bridgehead atoms. The van der Waals surface area contributed by atoms with E-state index >= 15 is 0 Å². The Balaban J connectivity index is 1.86. The quantitative estimate of drug-likeness (QED) is 0.731. The molecule has 0 aromatic heterocycles. The van der Waals surface area contributed by atoms with E-state index in [0.29, 0.717) is 32.1 Å². The van der Waals surface area contributed by atoms with E-state index in [0.717, 1.165) is 25.0 Å². The first kappa shape index (κ1) is 24.6.